The first-order valence-electron chi connectivity index (χ1n) is 5.12. The van der Waals surface area contributed by atoms with Crippen LogP contribution < -0.4 is 0 Å². The summed E-state index contributed by atoms with van der Waals surface area (Å²) in [6.45, 7) is 8.85. The second-order valence-corrected chi connectivity index (χ2v) is 4.19. The Morgan fingerprint density at radius 1 is 1.38 bits per heavy atom. The van der Waals surface area contributed by atoms with E-state index in [-0.39, 0.29) is 0 Å². The quantitative estimate of drug-likeness (QED) is 0.527. The summed E-state index contributed by atoms with van der Waals surface area (Å²) in [6, 6.07) is 0. The summed E-state index contributed by atoms with van der Waals surface area (Å²) in [7, 11) is 0. The molecule has 0 saturated carbocycles. The van der Waals surface area contributed by atoms with E-state index in [0.717, 1.165) is 5.92 Å². The molecule has 0 amide bonds. The molecule has 0 N–H and O–H groups in total. The molecule has 0 nitrogen and oxygen atoms in total. The van der Waals surface area contributed by atoms with E-state index in [4.69, 9.17) is 0 Å². The van der Waals surface area contributed by atoms with Crippen molar-refractivity contribution < 1.29 is 0 Å². The normalized spacial score (nSPS) is 29.8. The Labute approximate surface area is 82.0 Å². The van der Waals surface area contributed by atoms with Crippen molar-refractivity contribution in [1.82, 2.24) is 0 Å². The number of allylic oxidation sites excluding steroid dienone is 6. The van der Waals surface area contributed by atoms with Crippen LogP contribution in [0.3, 0.4) is 0 Å². The van der Waals surface area contributed by atoms with Crippen LogP contribution in [0.4, 0.5) is 0 Å². The molecule has 0 aromatic carbocycles. The van der Waals surface area contributed by atoms with Gasteiger partial charge in [0.1, 0.15) is 0 Å². The van der Waals surface area contributed by atoms with Gasteiger partial charge in [0.2, 0.25) is 0 Å². The average Bonchev–Trinajstić information content (AvgIpc) is 2.12. The summed E-state index contributed by atoms with van der Waals surface area (Å²) in [5, 5.41) is 0. The summed E-state index contributed by atoms with van der Waals surface area (Å²) in [5.41, 5.74) is 2.92. The van der Waals surface area contributed by atoms with E-state index in [9.17, 15) is 0 Å². The van der Waals surface area contributed by atoms with Crippen molar-refractivity contribution in [3.8, 4) is 0 Å². The van der Waals surface area contributed by atoms with Gasteiger partial charge in [0, 0.05) is 0 Å². The molecule has 1 aliphatic rings. The van der Waals surface area contributed by atoms with Gasteiger partial charge >= 0.3 is 0 Å². The van der Waals surface area contributed by atoms with Crippen LogP contribution in [0, 0.1) is 11.8 Å². The van der Waals surface area contributed by atoms with E-state index in [1.807, 2.05) is 0 Å². The highest BCUT2D eigenvalue weighted by molar-refractivity contribution is 5.26. The molecule has 1 rings (SSSR count). The largest absolute Gasteiger partial charge is 0.0911 e. The number of hydrogen-bond donors (Lipinski definition) is 0. The maximum Gasteiger partial charge on any atom is -0.00192 e. The lowest BCUT2D eigenvalue weighted by Gasteiger charge is -2.15. The van der Waals surface area contributed by atoms with E-state index in [1.54, 1.807) is 0 Å². The van der Waals surface area contributed by atoms with Crippen molar-refractivity contribution in [3.63, 3.8) is 0 Å². The first-order valence-corrected chi connectivity index (χ1v) is 5.12. The molecule has 0 fully saturated rings. The van der Waals surface area contributed by atoms with Gasteiger partial charge in [0.15, 0.2) is 0 Å². The predicted molar refractivity (Wildman–Crippen MR) is 59.6 cm³/mol. The fourth-order valence-electron chi connectivity index (χ4n) is 2.07. The first kappa shape index (κ1) is 10.3. The van der Waals surface area contributed by atoms with Crippen LogP contribution in [0.5, 0.6) is 0 Å². The SMILES string of the molecule is CC=C[C@H]1C=C(C)C=C(C)CC1C. The van der Waals surface area contributed by atoms with Gasteiger partial charge in [0.05, 0.1) is 0 Å². The summed E-state index contributed by atoms with van der Waals surface area (Å²) in [5.74, 6) is 1.36. The lowest BCUT2D eigenvalue weighted by molar-refractivity contribution is 0.497. The molecule has 0 aromatic heterocycles. The molecule has 13 heavy (non-hydrogen) atoms. The molecule has 0 aromatic rings. The van der Waals surface area contributed by atoms with Gasteiger partial charge in [0.25, 0.3) is 0 Å². The predicted octanol–water partition coefficient (Wildman–Crippen LogP) is 4.11. The van der Waals surface area contributed by atoms with Crippen molar-refractivity contribution in [3.05, 3.63) is 35.5 Å². The minimum absolute atomic E-state index is 0.624. The van der Waals surface area contributed by atoms with Gasteiger partial charge in [-0.3, -0.25) is 0 Å². The zero-order valence-electron chi connectivity index (χ0n) is 9.17. The Bertz CT molecular complexity index is 253. The highest BCUT2D eigenvalue weighted by Crippen LogP contribution is 2.27. The van der Waals surface area contributed by atoms with Crippen molar-refractivity contribution in [2.45, 2.75) is 34.1 Å². The van der Waals surface area contributed by atoms with Crippen LogP contribution in [-0.4, -0.2) is 0 Å². The van der Waals surface area contributed by atoms with Gasteiger partial charge in [-0.1, -0.05) is 42.4 Å². The molecular formula is C13H20. The summed E-state index contributed by atoms with van der Waals surface area (Å²) in [6.07, 6.45) is 10.4. The Balaban J connectivity index is 2.86. The van der Waals surface area contributed by atoms with Gasteiger partial charge in [-0.2, -0.15) is 0 Å². The molecule has 0 bridgehead atoms. The fourth-order valence-corrected chi connectivity index (χ4v) is 2.07. The summed E-state index contributed by atoms with van der Waals surface area (Å²) >= 11 is 0. The molecule has 1 aliphatic carbocycles. The monoisotopic (exact) mass is 176 g/mol. The minimum Gasteiger partial charge on any atom is -0.0911 e. The maximum absolute atomic E-state index is 2.38. The summed E-state index contributed by atoms with van der Waals surface area (Å²) < 4.78 is 0. The van der Waals surface area contributed by atoms with E-state index in [2.05, 4.69) is 52.0 Å². The molecule has 0 spiro atoms. The van der Waals surface area contributed by atoms with Crippen LogP contribution in [0.25, 0.3) is 0 Å². The molecule has 0 heterocycles. The van der Waals surface area contributed by atoms with E-state index in [1.165, 1.54) is 17.6 Å². The Morgan fingerprint density at radius 3 is 2.69 bits per heavy atom. The molecule has 0 radical (unpaired) electrons. The highest BCUT2D eigenvalue weighted by atomic mass is 14.2. The lowest BCUT2D eigenvalue weighted by atomic mass is 9.89. The molecule has 0 saturated heterocycles. The second kappa shape index (κ2) is 4.45. The van der Waals surface area contributed by atoms with Gasteiger partial charge in [-0.05, 0) is 39.0 Å². The van der Waals surface area contributed by atoms with Crippen molar-refractivity contribution in [2.24, 2.45) is 11.8 Å². The van der Waals surface area contributed by atoms with E-state index < -0.39 is 0 Å². The van der Waals surface area contributed by atoms with E-state index >= 15 is 0 Å². The number of rotatable bonds is 1. The van der Waals surface area contributed by atoms with Crippen LogP contribution >= 0.6 is 0 Å². The lowest BCUT2D eigenvalue weighted by Crippen LogP contribution is -2.05. The zero-order valence-corrected chi connectivity index (χ0v) is 9.17. The third-order valence-corrected chi connectivity index (χ3v) is 2.65. The summed E-state index contributed by atoms with van der Waals surface area (Å²) in [4.78, 5) is 0. The highest BCUT2D eigenvalue weighted by Gasteiger charge is 2.14. The van der Waals surface area contributed by atoms with Crippen LogP contribution in [0.15, 0.2) is 35.5 Å². The van der Waals surface area contributed by atoms with Crippen LogP contribution in [-0.2, 0) is 0 Å². The molecule has 2 atom stereocenters. The third-order valence-electron chi connectivity index (χ3n) is 2.65. The third kappa shape index (κ3) is 2.87. The van der Waals surface area contributed by atoms with Gasteiger partial charge < -0.3 is 0 Å². The molecular weight excluding hydrogens is 156 g/mol. The maximum atomic E-state index is 2.38. The molecule has 0 aliphatic heterocycles. The second-order valence-electron chi connectivity index (χ2n) is 4.19. The minimum atomic E-state index is 0.624. The zero-order chi connectivity index (χ0) is 9.84. The van der Waals surface area contributed by atoms with Crippen molar-refractivity contribution in [2.75, 3.05) is 0 Å². The van der Waals surface area contributed by atoms with Crippen molar-refractivity contribution >= 4 is 0 Å². The number of hydrogen-bond acceptors (Lipinski definition) is 0. The van der Waals surface area contributed by atoms with Gasteiger partial charge in [-0.25, -0.2) is 0 Å². The Kier molecular flexibility index (Phi) is 3.53. The fraction of sp³-hybridized carbons (Fsp3) is 0.538. The first-order chi connectivity index (χ1) is 6.13. The Hall–Kier alpha value is -0.780. The van der Waals surface area contributed by atoms with Crippen molar-refractivity contribution in [1.29, 1.82) is 0 Å². The molecule has 72 valence electrons. The molecule has 1 unspecified atom stereocenters. The topological polar surface area (TPSA) is 0 Å². The Morgan fingerprint density at radius 2 is 2.08 bits per heavy atom. The van der Waals surface area contributed by atoms with E-state index in [0.29, 0.717) is 5.92 Å². The average molecular weight is 176 g/mol. The standard InChI is InChI=1S/C13H20/c1-5-6-13-9-11(3)7-10(2)8-12(13)4/h5-7,9,12-13H,8H2,1-4H3/t12?,13-/m0/s1. The van der Waals surface area contributed by atoms with Crippen LogP contribution in [0.1, 0.15) is 34.1 Å². The van der Waals surface area contributed by atoms with Crippen LogP contribution in [0.2, 0.25) is 0 Å². The van der Waals surface area contributed by atoms with Gasteiger partial charge in [-0.15, -0.1) is 0 Å². The smallest absolute Gasteiger partial charge is 0.00192 e. The molecule has 0 heteroatoms.